The monoisotopic (exact) mass is 336 g/mol. The first kappa shape index (κ1) is 16.3. The molecule has 0 unspecified atom stereocenters. The molecule has 2 nitrogen and oxygen atoms in total. The number of rotatable bonds is 6. The van der Waals surface area contributed by atoms with Gasteiger partial charge in [-0.1, -0.05) is 18.2 Å². The Morgan fingerprint density at radius 1 is 1.24 bits per heavy atom. The maximum absolute atomic E-state index is 5.34. The molecule has 0 saturated carbocycles. The maximum atomic E-state index is 5.34. The van der Waals surface area contributed by atoms with E-state index in [-0.39, 0.29) is 0 Å². The third-order valence-corrected chi connectivity index (χ3v) is 5.52. The van der Waals surface area contributed by atoms with E-state index in [0.29, 0.717) is 5.11 Å². The lowest BCUT2D eigenvalue weighted by molar-refractivity contribution is 0.989. The van der Waals surface area contributed by atoms with Gasteiger partial charge in [0.25, 0.3) is 0 Å². The van der Waals surface area contributed by atoms with Gasteiger partial charge >= 0.3 is 0 Å². The number of thioether (sulfide) groups is 1. The molecule has 0 fully saturated rings. The van der Waals surface area contributed by atoms with Crippen LogP contribution in [-0.4, -0.2) is 17.4 Å². The molecule has 0 atom stereocenters. The van der Waals surface area contributed by atoms with Crippen molar-refractivity contribution >= 4 is 46.1 Å². The van der Waals surface area contributed by atoms with Crippen molar-refractivity contribution in [2.45, 2.75) is 19.6 Å². The lowest BCUT2D eigenvalue weighted by Crippen LogP contribution is -2.30. The number of nitrogens with one attached hydrogen (secondary N) is 2. The minimum absolute atomic E-state index is 0.695. The van der Waals surface area contributed by atoms with Crippen LogP contribution in [0.2, 0.25) is 0 Å². The van der Waals surface area contributed by atoms with E-state index < -0.39 is 0 Å². The molecule has 0 aliphatic heterocycles. The van der Waals surface area contributed by atoms with Crippen LogP contribution in [0, 0.1) is 13.8 Å². The number of anilines is 1. The molecule has 0 bridgehead atoms. The predicted octanol–water partition coefficient (Wildman–Crippen LogP) is 4.58. The van der Waals surface area contributed by atoms with E-state index in [1.165, 1.54) is 16.0 Å². The number of thiocarbonyl (C=S) groups is 1. The van der Waals surface area contributed by atoms with Crippen LogP contribution >= 0.6 is 35.3 Å². The quantitative estimate of drug-likeness (QED) is 0.595. The molecule has 112 valence electrons. The third kappa shape index (κ3) is 5.34. The lowest BCUT2D eigenvalue weighted by atomic mass is 10.1. The molecule has 2 rings (SSSR count). The summed E-state index contributed by atoms with van der Waals surface area (Å²) >= 11 is 9.08. The summed E-state index contributed by atoms with van der Waals surface area (Å²) in [6.45, 7) is 5.10. The van der Waals surface area contributed by atoms with E-state index in [9.17, 15) is 0 Å². The first-order chi connectivity index (χ1) is 10.2. The van der Waals surface area contributed by atoms with Crippen molar-refractivity contribution in [1.29, 1.82) is 0 Å². The molecule has 0 spiro atoms. The fraction of sp³-hybridized carbons (Fsp3) is 0.312. The summed E-state index contributed by atoms with van der Waals surface area (Å²) in [6.07, 6.45) is 0. The Hall–Kier alpha value is -1.04. The number of benzene rings is 1. The average molecular weight is 337 g/mol. The van der Waals surface area contributed by atoms with Gasteiger partial charge in [-0.2, -0.15) is 11.8 Å². The highest BCUT2D eigenvalue weighted by Crippen LogP contribution is 2.18. The van der Waals surface area contributed by atoms with Crippen molar-refractivity contribution in [1.82, 2.24) is 5.32 Å². The number of aryl methyl sites for hydroxylation is 1. The largest absolute Gasteiger partial charge is 0.362 e. The Kier molecular flexibility index (Phi) is 6.54. The van der Waals surface area contributed by atoms with Crippen LogP contribution in [0.5, 0.6) is 0 Å². The first-order valence-electron chi connectivity index (χ1n) is 6.88. The van der Waals surface area contributed by atoms with Gasteiger partial charge in [0.15, 0.2) is 5.11 Å². The Bertz CT molecular complexity index is 579. The summed E-state index contributed by atoms with van der Waals surface area (Å²) in [6, 6.07) is 10.5. The number of thiophene rings is 1. The molecule has 0 aliphatic carbocycles. The smallest absolute Gasteiger partial charge is 0.170 e. The minimum Gasteiger partial charge on any atom is -0.362 e. The highest BCUT2D eigenvalue weighted by molar-refractivity contribution is 7.98. The van der Waals surface area contributed by atoms with E-state index in [1.54, 1.807) is 0 Å². The summed E-state index contributed by atoms with van der Waals surface area (Å²) in [5.41, 5.74) is 3.60. The molecule has 2 aromatic rings. The van der Waals surface area contributed by atoms with Gasteiger partial charge in [-0.15, -0.1) is 11.3 Å². The van der Waals surface area contributed by atoms with Crippen LogP contribution in [0.3, 0.4) is 0 Å². The van der Waals surface area contributed by atoms with Crippen molar-refractivity contribution in [2.24, 2.45) is 0 Å². The second-order valence-electron chi connectivity index (χ2n) is 4.76. The average Bonchev–Trinajstić information content (AvgIpc) is 2.97. The second-order valence-corrected chi connectivity index (χ2v) is 7.31. The first-order valence-corrected chi connectivity index (χ1v) is 9.32. The van der Waals surface area contributed by atoms with Gasteiger partial charge < -0.3 is 10.6 Å². The number of hydrogen-bond donors (Lipinski definition) is 2. The van der Waals surface area contributed by atoms with Crippen LogP contribution in [0.4, 0.5) is 5.69 Å². The molecule has 5 heteroatoms. The fourth-order valence-electron chi connectivity index (χ4n) is 1.86. The van der Waals surface area contributed by atoms with Crippen LogP contribution in [0.15, 0.2) is 35.7 Å². The van der Waals surface area contributed by atoms with Gasteiger partial charge in [0.2, 0.25) is 0 Å². The zero-order valence-electron chi connectivity index (χ0n) is 12.3. The zero-order chi connectivity index (χ0) is 15.1. The summed E-state index contributed by atoms with van der Waals surface area (Å²) in [5, 5.41) is 9.35. The Labute approximate surface area is 140 Å². The SMILES string of the molecule is Cc1cccc(NC(=S)NCCSCc2cccs2)c1C. The minimum atomic E-state index is 0.695. The normalized spacial score (nSPS) is 10.4. The van der Waals surface area contributed by atoms with Crippen molar-refractivity contribution in [2.75, 3.05) is 17.6 Å². The van der Waals surface area contributed by atoms with Gasteiger partial charge in [-0.3, -0.25) is 0 Å². The van der Waals surface area contributed by atoms with Crippen molar-refractivity contribution in [3.8, 4) is 0 Å². The van der Waals surface area contributed by atoms with Gasteiger partial charge in [0.1, 0.15) is 0 Å². The molecule has 0 saturated heterocycles. The zero-order valence-corrected chi connectivity index (χ0v) is 14.8. The second kappa shape index (κ2) is 8.41. The fourth-order valence-corrected chi connectivity index (χ4v) is 3.77. The Morgan fingerprint density at radius 2 is 2.10 bits per heavy atom. The lowest BCUT2D eigenvalue weighted by Gasteiger charge is -2.13. The molecule has 0 radical (unpaired) electrons. The summed E-state index contributed by atoms with van der Waals surface area (Å²) < 4.78 is 0. The van der Waals surface area contributed by atoms with Crippen LogP contribution in [0.25, 0.3) is 0 Å². The van der Waals surface area contributed by atoms with Crippen LogP contribution in [0.1, 0.15) is 16.0 Å². The maximum Gasteiger partial charge on any atom is 0.170 e. The van der Waals surface area contributed by atoms with Crippen LogP contribution < -0.4 is 10.6 Å². The Balaban J connectivity index is 1.66. The van der Waals surface area contributed by atoms with E-state index in [4.69, 9.17) is 12.2 Å². The van der Waals surface area contributed by atoms with E-state index >= 15 is 0 Å². The molecule has 0 amide bonds. The van der Waals surface area contributed by atoms with Crippen molar-refractivity contribution in [3.63, 3.8) is 0 Å². The number of hydrogen-bond acceptors (Lipinski definition) is 3. The molecule has 1 heterocycles. The van der Waals surface area contributed by atoms with Crippen LogP contribution in [-0.2, 0) is 5.75 Å². The van der Waals surface area contributed by atoms with Gasteiger partial charge in [0, 0.05) is 28.6 Å². The van der Waals surface area contributed by atoms with Crippen molar-refractivity contribution in [3.05, 3.63) is 51.7 Å². The third-order valence-electron chi connectivity index (χ3n) is 3.21. The van der Waals surface area contributed by atoms with E-state index in [1.807, 2.05) is 29.2 Å². The molecule has 1 aromatic heterocycles. The predicted molar refractivity (Wildman–Crippen MR) is 101 cm³/mol. The molecule has 0 aliphatic rings. The van der Waals surface area contributed by atoms with E-state index in [0.717, 1.165) is 23.7 Å². The highest BCUT2D eigenvalue weighted by atomic mass is 32.2. The summed E-state index contributed by atoms with van der Waals surface area (Å²) in [4.78, 5) is 1.43. The Morgan fingerprint density at radius 3 is 2.86 bits per heavy atom. The molecular weight excluding hydrogens is 316 g/mol. The molecule has 2 N–H and O–H groups in total. The highest BCUT2D eigenvalue weighted by Gasteiger charge is 2.02. The molecular formula is C16H20N2S3. The topological polar surface area (TPSA) is 24.1 Å². The van der Waals surface area contributed by atoms with E-state index in [2.05, 4.69) is 54.1 Å². The van der Waals surface area contributed by atoms with Gasteiger partial charge in [0.05, 0.1) is 0 Å². The summed E-state index contributed by atoms with van der Waals surface area (Å²) in [5.74, 6) is 2.13. The summed E-state index contributed by atoms with van der Waals surface area (Å²) in [7, 11) is 0. The molecule has 21 heavy (non-hydrogen) atoms. The van der Waals surface area contributed by atoms with Crippen molar-refractivity contribution < 1.29 is 0 Å². The molecule has 1 aromatic carbocycles. The van der Waals surface area contributed by atoms with Gasteiger partial charge in [-0.05, 0) is 54.7 Å². The van der Waals surface area contributed by atoms with Gasteiger partial charge in [-0.25, -0.2) is 0 Å². The standard InChI is InChI=1S/C16H20N2S3/c1-12-5-3-7-15(13(12)2)18-16(19)17-8-10-20-11-14-6-4-9-21-14/h3-7,9H,8,10-11H2,1-2H3,(H2,17,18,19).